The normalized spacial score (nSPS) is 16.1. The Morgan fingerprint density at radius 2 is 1.86 bits per heavy atom. The number of anilines is 1. The maximum atomic E-state index is 15.3. The highest BCUT2D eigenvalue weighted by atomic mass is 32.2. The first-order valence-electron chi connectivity index (χ1n) is 11.4. The lowest BCUT2D eigenvalue weighted by Crippen LogP contribution is -2.24. The molecule has 0 amide bonds. The van der Waals surface area contributed by atoms with Gasteiger partial charge in [0.05, 0.1) is 23.2 Å². The predicted molar refractivity (Wildman–Crippen MR) is 130 cm³/mol. The molecule has 8 nitrogen and oxygen atoms in total. The number of halogens is 3. The number of hydrogen-bond acceptors (Lipinski definition) is 6. The van der Waals surface area contributed by atoms with Crippen molar-refractivity contribution < 1.29 is 30.8 Å². The first-order chi connectivity index (χ1) is 17.6. The number of pyridine rings is 1. The number of ether oxygens (including phenoxy) is 1. The van der Waals surface area contributed by atoms with E-state index < -0.39 is 33.2 Å². The van der Waals surface area contributed by atoms with E-state index in [-0.39, 0.29) is 53.4 Å². The lowest BCUT2D eigenvalue weighted by Gasteiger charge is -2.29. The van der Waals surface area contributed by atoms with Gasteiger partial charge < -0.3 is 9.26 Å². The quantitative estimate of drug-likeness (QED) is 0.365. The van der Waals surface area contributed by atoms with Gasteiger partial charge in [-0.25, -0.2) is 21.6 Å². The number of aromatic nitrogens is 2. The summed E-state index contributed by atoms with van der Waals surface area (Å²) >= 11 is 0. The molecule has 0 spiro atoms. The molecule has 37 heavy (non-hydrogen) atoms. The van der Waals surface area contributed by atoms with Crippen LogP contribution in [0.15, 0.2) is 69.0 Å². The molecule has 1 aliphatic rings. The molecule has 1 aliphatic carbocycles. The summed E-state index contributed by atoms with van der Waals surface area (Å²) in [6, 6.07) is 10.7. The lowest BCUT2D eigenvalue weighted by atomic mass is 9.82. The smallest absolute Gasteiger partial charge is 0.263 e. The fourth-order valence-corrected chi connectivity index (χ4v) is 5.69. The molecule has 0 saturated heterocycles. The van der Waals surface area contributed by atoms with Crippen LogP contribution in [0.1, 0.15) is 37.2 Å². The molecule has 1 N–H and O–H groups in total. The second-order valence-electron chi connectivity index (χ2n) is 8.89. The van der Waals surface area contributed by atoms with E-state index in [1.807, 2.05) is 0 Å². The highest BCUT2D eigenvalue weighted by molar-refractivity contribution is 7.92. The van der Waals surface area contributed by atoms with Crippen LogP contribution >= 0.6 is 0 Å². The molecule has 0 radical (unpaired) electrons. The second-order valence-corrected chi connectivity index (χ2v) is 10.6. The molecule has 4 aromatic rings. The largest absolute Gasteiger partial charge is 0.495 e. The fourth-order valence-electron chi connectivity index (χ4n) is 4.66. The van der Waals surface area contributed by atoms with Gasteiger partial charge in [0.1, 0.15) is 17.8 Å². The van der Waals surface area contributed by atoms with Gasteiger partial charge in [0.2, 0.25) is 5.92 Å². The first-order valence-corrected chi connectivity index (χ1v) is 12.9. The van der Waals surface area contributed by atoms with Crippen molar-refractivity contribution in [3.05, 3.63) is 76.5 Å². The van der Waals surface area contributed by atoms with Crippen LogP contribution in [0.5, 0.6) is 5.75 Å². The highest BCUT2D eigenvalue weighted by Gasteiger charge is 2.36. The third-order valence-electron chi connectivity index (χ3n) is 6.55. The third-order valence-corrected chi connectivity index (χ3v) is 7.90. The predicted octanol–water partition coefficient (Wildman–Crippen LogP) is 5.22. The SMILES string of the molecule is COc1cc(C2CCC(F)(F)CC2)c(F)cc1-n1c(=O)ccc2cc(S(=O)(=O)Nc3ccon3)ccc21. The van der Waals surface area contributed by atoms with E-state index in [0.717, 1.165) is 6.07 Å². The zero-order chi connectivity index (χ0) is 26.4. The molecule has 12 heteroatoms. The molecule has 1 saturated carbocycles. The highest BCUT2D eigenvalue weighted by Crippen LogP contribution is 2.43. The van der Waals surface area contributed by atoms with E-state index >= 15 is 4.39 Å². The van der Waals surface area contributed by atoms with Crippen LogP contribution in [0.4, 0.5) is 19.0 Å². The Bertz CT molecular complexity index is 1630. The Balaban J connectivity index is 1.57. The summed E-state index contributed by atoms with van der Waals surface area (Å²) in [6.45, 7) is 0. The summed E-state index contributed by atoms with van der Waals surface area (Å²) < 4.78 is 81.7. The zero-order valence-corrected chi connectivity index (χ0v) is 20.4. The van der Waals surface area contributed by atoms with Crippen molar-refractivity contribution in [1.82, 2.24) is 9.72 Å². The molecule has 0 atom stereocenters. The summed E-state index contributed by atoms with van der Waals surface area (Å²) in [5.74, 6) is -3.58. The van der Waals surface area contributed by atoms with E-state index in [1.54, 1.807) is 0 Å². The Hall–Kier alpha value is -3.80. The third kappa shape index (κ3) is 4.80. The van der Waals surface area contributed by atoms with Crippen LogP contribution < -0.4 is 15.0 Å². The van der Waals surface area contributed by atoms with Gasteiger partial charge in [-0.1, -0.05) is 5.16 Å². The molecule has 2 aromatic heterocycles. The van der Waals surface area contributed by atoms with Gasteiger partial charge >= 0.3 is 0 Å². The number of rotatable bonds is 6. The van der Waals surface area contributed by atoms with Crippen molar-refractivity contribution in [2.75, 3.05) is 11.8 Å². The zero-order valence-electron chi connectivity index (χ0n) is 19.6. The van der Waals surface area contributed by atoms with Crippen LogP contribution in [-0.4, -0.2) is 31.2 Å². The number of alkyl halides is 2. The minimum Gasteiger partial charge on any atom is -0.495 e. The van der Waals surface area contributed by atoms with Gasteiger partial charge in [0, 0.05) is 36.4 Å². The molecule has 194 valence electrons. The fraction of sp³-hybridized carbons (Fsp3) is 0.280. The molecule has 1 fully saturated rings. The summed E-state index contributed by atoms with van der Waals surface area (Å²) in [7, 11) is -2.64. The van der Waals surface area contributed by atoms with Crippen molar-refractivity contribution in [3.63, 3.8) is 0 Å². The van der Waals surface area contributed by atoms with Crippen LogP contribution in [-0.2, 0) is 10.0 Å². The maximum absolute atomic E-state index is 15.3. The lowest BCUT2D eigenvalue weighted by molar-refractivity contribution is -0.0384. The number of nitrogens with one attached hydrogen (secondary N) is 1. The van der Waals surface area contributed by atoms with E-state index in [0.29, 0.717) is 10.9 Å². The van der Waals surface area contributed by atoms with Crippen LogP contribution in [0.3, 0.4) is 0 Å². The molecular formula is C25H22F3N3O5S. The average molecular weight is 534 g/mol. The number of hydrogen-bond donors (Lipinski definition) is 1. The molecule has 2 heterocycles. The standard InChI is InChI=1S/C25H22F3N3O5S/c1-35-22-13-18(15-6-9-25(27,28)10-7-15)19(26)14-21(22)31-20-4-3-17(12-16(20)2-5-24(31)32)37(33,34)30-23-8-11-36-29-23/h2-5,8,11-15H,6-7,9-10H2,1H3,(H,29,30). The van der Waals surface area contributed by atoms with E-state index in [4.69, 9.17) is 4.74 Å². The topological polar surface area (TPSA) is 103 Å². The molecule has 5 rings (SSSR count). The van der Waals surface area contributed by atoms with Gasteiger partial charge in [-0.15, -0.1) is 0 Å². The monoisotopic (exact) mass is 533 g/mol. The van der Waals surface area contributed by atoms with Gasteiger partial charge in [0.25, 0.3) is 15.6 Å². The van der Waals surface area contributed by atoms with Crippen molar-refractivity contribution >= 4 is 26.7 Å². The van der Waals surface area contributed by atoms with Crippen molar-refractivity contribution in [3.8, 4) is 11.4 Å². The number of benzene rings is 2. The molecular weight excluding hydrogens is 511 g/mol. The Kier molecular flexibility index (Phi) is 6.22. The molecule has 0 bridgehead atoms. The van der Waals surface area contributed by atoms with Crippen molar-refractivity contribution in [2.24, 2.45) is 0 Å². The van der Waals surface area contributed by atoms with E-state index in [9.17, 15) is 22.0 Å². The van der Waals surface area contributed by atoms with Crippen molar-refractivity contribution in [2.45, 2.75) is 42.4 Å². The number of methoxy groups -OCH3 is 1. The minimum absolute atomic E-state index is 0.00653. The summed E-state index contributed by atoms with van der Waals surface area (Å²) in [5.41, 5.74) is 0.191. The summed E-state index contributed by atoms with van der Waals surface area (Å²) in [5, 5.41) is 3.92. The summed E-state index contributed by atoms with van der Waals surface area (Å²) in [4.78, 5) is 12.8. The van der Waals surface area contributed by atoms with Crippen LogP contribution in [0.2, 0.25) is 0 Å². The summed E-state index contributed by atoms with van der Waals surface area (Å²) in [6.07, 6.45) is 0.861. The number of sulfonamides is 1. The number of nitrogens with zero attached hydrogens (tertiary/aromatic N) is 2. The minimum atomic E-state index is -4.01. The van der Waals surface area contributed by atoms with Gasteiger partial charge in [0.15, 0.2) is 5.82 Å². The Morgan fingerprint density at radius 3 is 2.54 bits per heavy atom. The molecule has 2 aromatic carbocycles. The second kappa shape index (κ2) is 9.25. The first kappa shape index (κ1) is 24.9. The van der Waals surface area contributed by atoms with Crippen LogP contribution in [0.25, 0.3) is 16.6 Å². The van der Waals surface area contributed by atoms with E-state index in [2.05, 4.69) is 14.4 Å². The maximum Gasteiger partial charge on any atom is 0.263 e. The Labute approximate surface area is 209 Å². The van der Waals surface area contributed by atoms with E-state index in [1.165, 1.54) is 60.4 Å². The van der Waals surface area contributed by atoms with Gasteiger partial charge in [-0.05, 0) is 54.7 Å². The van der Waals surface area contributed by atoms with Crippen molar-refractivity contribution in [1.29, 1.82) is 0 Å². The molecule has 0 aliphatic heterocycles. The van der Waals surface area contributed by atoms with Crippen LogP contribution in [0, 0.1) is 5.82 Å². The average Bonchev–Trinajstić information content (AvgIpc) is 3.36. The van der Waals surface area contributed by atoms with Gasteiger partial charge in [-0.3, -0.25) is 14.1 Å². The van der Waals surface area contributed by atoms with Gasteiger partial charge in [-0.2, -0.15) is 0 Å². The molecule has 0 unspecified atom stereocenters. The Morgan fingerprint density at radius 1 is 1.11 bits per heavy atom. The number of fused-ring (bicyclic) bond motifs is 1.